The van der Waals surface area contributed by atoms with E-state index in [1.54, 1.807) is 31.2 Å². The van der Waals surface area contributed by atoms with Crippen molar-refractivity contribution in [2.45, 2.75) is 56.3 Å². The number of ether oxygens (including phenoxy) is 1. The number of anilines is 1. The number of aromatic amines is 1. The lowest BCUT2D eigenvalue weighted by Gasteiger charge is -2.25. The normalized spacial score (nSPS) is 22.3. The zero-order valence-electron chi connectivity index (χ0n) is 22.5. The van der Waals surface area contributed by atoms with E-state index in [0.717, 1.165) is 4.52 Å². The summed E-state index contributed by atoms with van der Waals surface area (Å²) in [4.78, 5) is 42.1. The number of nitrogens with zero attached hydrogens (tertiary/aromatic N) is 3. The van der Waals surface area contributed by atoms with Crippen molar-refractivity contribution in [2.24, 2.45) is 5.92 Å². The topological polar surface area (TPSA) is 188 Å². The molecule has 0 spiro atoms. The number of aryl methyl sites for hydroxylation is 1. The average Bonchev–Trinajstić information content (AvgIpc) is 3.40. The molecule has 13 nitrogen and oxygen atoms in total. The highest BCUT2D eigenvalue weighted by molar-refractivity contribution is 7.54. The van der Waals surface area contributed by atoms with Crippen LogP contribution in [0.15, 0.2) is 35.3 Å². The van der Waals surface area contributed by atoms with Crippen molar-refractivity contribution in [1.82, 2.24) is 19.6 Å². The van der Waals surface area contributed by atoms with E-state index >= 15 is 0 Å². The largest absolute Gasteiger partial charge is 0.424 e. The Bertz CT molecular complexity index is 1560. The van der Waals surface area contributed by atoms with Gasteiger partial charge in [0.25, 0.3) is 5.56 Å². The van der Waals surface area contributed by atoms with Crippen molar-refractivity contribution in [2.75, 3.05) is 18.5 Å². The molecule has 1 aliphatic rings. The lowest BCUT2D eigenvalue weighted by Crippen LogP contribution is -2.37. The third-order valence-electron chi connectivity index (χ3n) is 6.68. The molecule has 222 valence electrons. The number of Topliss-reactive ketones (excluding diaryl/α,β-unsaturated/α-hetero) is 2. The summed E-state index contributed by atoms with van der Waals surface area (Å²) in [7, 11) is -4.05. The third-order valence-corrected chi connectivity index (χ3v) is 9.53. The van der Waals surface area contributed by atoms with E-state index < -0.39 is 48.3 Å². The lowest BCUT2D eigenvalue weighted by molar-refractivity contribution is -0.120. The molecular formula is C25H30Cl2N5O8P. The average molecular weight is 630 g/mol. The molecule has 5 atom stereocenters. The molecule has 1 saturated heterocycles. The summed E-state index contributed by atoms with van der Waals surface area (Å²) in [5.74, 6) is -0.890. The van der Waals surface area contributed by atoms with E-state index in [1.807, 2.05) is 0 Å². The summed E-state index contributed by atoms with van der Waals surface area (Å²) in [6, 6.07) is 6.76. The second kappa shape index (κ2) is 12.2. The Labute approximate surface area is 244 Å². The molecule has 1 unspecified atom stereocenters. The summed E-state index contributed by atoms with van der Waals surface area (Å²) in [5.41, 5.74) is 5.71. The van der Waals surface area contributed by atoms with Crippen molar-refractivity contribution < 1.29 is 33.0 Å². The first-order chi connectivity index (χ1) is 19.2. The molecule has 3 heterocycles. The number of nitrogens with two attached hydrogens (primary N) is 1. The van der Waals surface area contributed by atoms with Gasteiger partial charge in [-0.25, -0.2) is 14.1 Å². The number of carbonyl (C=O) groups excluding carboxylic acids is 2. The van der Waals surface area contributed by atoms with E-state index in [2.05, 4.69) is 15.1 Å². The van der Waals surface area contributed by atoms with Gasteiger partial charge in [-0.2, -0.15) is 0 Å². The Kier molecular flexibility index (Phi) is 9.27. The van der Waals surface area contributed by atoms with Gasteiger partial charge in [0.2, 0.25) is 11.6 Å². The predicted octanol–water partition coefficient (Wildman–Crippen LogP) is 3.01. The van der Waals surface area contributed by atoms with Gasteiger partial charge in [0.15, 0.2) is 4.33 Å². The first-order valence-electron chi connectivity index (χ1n) is 12.7. The maximum Gasteiger partial charge on any atom is 0.380 e. The van der Waals surface area contributed by atoms with Gasteiger partial charge in [0.05, 0.1) is 24.7 Å². The van der Waals surface area contributed by atoms with Crippen LogP contribution in [0.4, 0.5) is 5.95 Å². The van der Waals surface area contributed by atoms with E-state index in [1.165, 1.54) is 20.0 Å². The van der Waals surface area contributed by atoms with E-state index in [4.69, 9.17) is 42.7 Å². The molecule has 4 N–H and O–H groups in total. The van der Waals surface area contributed by atoms with Crippen LogP contribution >= 0.6 is 30.8 Å². The number of imidazole rings is 1. The standard InChI is InChI=1S/C25H30Cl2N5O8P/c1-13(15(3)34)12-41(37,40-18-7-5-4-6-16(18)9-8-14(2)33)38-11-19-20(35)25(26,27)21(39-19)17-10-29-22-23(36)30-24(28)31-32(17)22/h4-7,10,13,19-21,35H,8-9,11-12H2,1-3H3,(H3,28,30,31,36)/t13-,19-,20+,21+,41?/m1/s1. The van der Waals surface area contributed by atoms with E-state index in [0.29, 0.717) is 12.0 Å². The number of fused-ring (bicyclic) bond motifs is 1. The molecule has 3 aromatic rings. The number of aliphatic hydroxyl groups is 1. The van der Waals surface area contributed by atoms with Crippen molar-refractivity contribution in [1.29, 1.82) is 0 Å². The highest BCUT2D eigenvalue weighted by Crippen LogP contribution is 2.53. The number of nitrogens with one attached hydrogen (secondary N) is 1. The number of nitrogen functional groups attached to an aromatic ring is 1. The molecule has 1 aliphatic heterocycles. The molecule has 0 saturated carbocycles. The fourth-order valence-corrected chi connectivity index (χ4v) is 6.89. The number of aliphatic hydroxyl groups excluding tert-OH is 1. The molecular weight excluding hydrogens is 600 g/mol. The number of ketones is 2. The summed E-state index contributed by atoms with van der Waals surface area (Å²) in [6.07, 6.45) is -2.41. The van der Waals surface area contributed by atoms with Gasteiger partial charge < -0.3 is 24.9 Å². The van der Waals surface area contributed by atoms with Crippen LogP contribution in [0.3, 0.4) is 0 Å². The number of halogens is 2. The summed E-state index contributed by atoms with van der Waals surface area (Å²) < 4.78 is 30.8. The van der Waals surface area contributed by atoms with Crippen LogP contribution in [0.1, 0.15) is 44.6 Å². The second-order valence-corrected chi connectivity index (χ2v) is 13.4. The van der Waals surface area contributed by atoms with E-state index in [9.17, 15) is 24.1 Å². The number of para-hydroxylation sites is 1. The van der Waals surface area contributed by atoms with Crippen LogP contribution in [0.5, 0.6) is 5.75 Å². The minimum Gasteiger partial charge on any atom is -0.424 e. The molecule has 2 aromatic heterocycles. The molecule has 0 radical (unpaired) electrons. The zero-order valence-corrected chi connectivity index (χ0v) is 24.9. The summed E-state index contributed by atoms with van der Waals surface area (Å²) in [6.45, 7) is 3.94. The molecule has 1 fully saturated rings. The van der Waals surface area contributed by atoms with E-state index in [-0.39, 0.29) is 47.2 Å². The quantitative estimate of drug-likeness (QED) is 0.197. The number of carbonyl (C=O) groups is 2. The fraction of sp³-hybridized carbons (Fsp3) is 0.480. The number of rotatable bonds is 12. The summed E-state index contributed by atoms with van der Waals surface area (Å²) in [5, 5.41) is 15.0. The fourth-order valence-electron chi connectivity index (χ4n) is 4.27. The minimum atomic E-state index is -4.05. The summed E-state index contributed by atoms with van der Waals surface area (Å²) >= 11 is 13.0. The highest BCUT2D eigenvalue weighted by atomic mass is 35.5. The van der Waals surface area contributed by atoms with Crippen molar-refractivity contribution in [3.63, 3.8) is 0 Å². The molecule has 0 amide bonds. The maximum atomic E-state index is 14.0. The van der Waals surface area contributed by atoms with Gasteiger partial charge in [0.1, 0.15) is 35.6 Å². The number of hydrogen-bond acceptors (Lipinski definition) is 11. The number of alkyl halides is 2. The van der Waals surface area contributed by atoms with Crippen LogP contribution in [0, 0.1) is 5.92 Å². The van der Waals surface area contributed by atoms with Crippen molar-refractivity contribution >= 4 is 54.0 Å². The van der Waals surface area contributed by atoms with Crippen LogP contribution in [-0.2, 0) is 29.8 Å². The smallest absolute Gasteiger partial charge is 0.380 e. The monoisotopic (exact) mass is 629 g/mol. The van der Waals surface area contributed by atoms with Gasteiger partial charge in [-0.15, -0.1) is 5.10 Å². The first kappa shape index (κ1) is 31.1. The number of aromatic nitrogens is 4. The van der Waals surface area contributed by atoms with Gasteiger partial charge >= 0.3 is 7.60 Å². The molecule has 16 heteroatoms. The number of benzene rings is 1. The maximum absolute atomic E-state index is 14.0. The van der Waals surface area contributed by atoms with Crippen LogP contribution in [0.25, 0.3) is 5.65 Å². The molecule has 41 heavy (non-hydrogen) atoms. The van der Waals surface area contributed by atoms with Gasteiger partial charge in [0, 0.05) is 12.3 Å². The highest BCUT2D eigenvalue weighted by Gasteiger charge is 2.56. The van der Waals surface area contributed by atoms with Gasteiger partial charge in [-0.3, -0.25) is 19.1 Å². The Hall–Kier alpha value is -2.80. The van der Waals surface area contributed by atoms with Gasteiger partial charge in [-0.1, -0.05) is 48.3 Å². The Balaban J connectivity index is 1.58. The van der Waals surface area contributed by atoms with Crippen molar-refractivity contribution in [3.05, 3.63) is 52.1 Å². The van der Waals surface area contributed by atoms with Gasteiger partial charge in [-0.05, 0) is 31.9 Å². The molecule has 4 rings (SSSR count). The molecule has 0 aliphatic carbocycles. The van der Waals surface area contributed by atoms with Crippen molar-refractivity contribution in [3.8, 4) is 5.75 Å². The number of hydrogen-bond donors (Lipinski definition) is 3. The Morgan fingerprint density at radius 2 is 2.02 bits per heavy atom. The SMILES string of the molecule is CC(=O)CCc1ccccc1OP(=O)(C[C@@H](C)C(C)=O)OC[C@H]1O[C@@H](c2cnc3c(=O)[nH]c(N)nn23)C(Cl)(Cl)[C@H]1O. The Morgan fingerprint density at radius 3 is 2.71 bits per heavy atom. The molecule has 0 bridgehead atoms. The predicted molar refractivity (Wildman–Crippen MR) is 150 cm³/mol. The zero-order chi connectivity index (χ0) is 30.1. The first-order valence-corrected chi connectivity index (χ1v) is 15.2. The lowest BCUT2D eigenvalue weighted by atomic mass is 10.1. The third kappa shape index (κ3) is 6.82. The van der Waals surface area contributed by atoms with Crippen LogP contribution in [0.2, 0.25) is 0 Å². The van der Waals surface area contributed by atoms with Crippen LogP contribution < -0.4 is 15.8 Å². The number of H-pyrrole nitrogens is 1. The minimum absolute atomic E-state index is 0.0227. The second-order valence-electron chi connectivity index (χ2n) is 9.93. The van der Waals surface area contributed by atoms with Crippen LogP contribution in [-0.4, -0.2) is 65.6 Å². The Morgan fingerprint density at radius 1 is 1.32 bits per heavy atom. The molecule has 1 aromatic carbocycles.